The molecule has 2 rings (SSSR count). The van der Waals surface area contributed by atoms with Crippen molar-refractivity contribution in [2.24, 2.45) is 0 Å². The molecule has 1 unspecified atom stereocenters. The van der Waals surface area contributed by atoms with Gasteiger partial charge in [-0.3, -0.25) is 5.10 Å². The molecule has 0 bridgehead atoms. The number of hydrogen-bond acceptors (Lipinski definition) is 5. The highest BCUT2D eigenvalue weighted by Crippen LogP contribution is 2.26. The average molecular weight is 279 g/mol. The molecule has 0 saturated heterocycles. The zero-order valence-corrected chi connectivity index (χ0v) is 12.0. The molecule has 1 atom stereocenters. The largest absolute Gasteiger partial charge is 0.493 e. The smallest absolute Gasteiger partial charge is 0.163 e. The second-order valence-electron chi connectivity index (χ2n) is 3.96. The van der Waals surface area contributed by atoms with Gasteiger partial charge in [0.05, 0.1) is 12.4 Å². The van der Waals surface area contributed by atoms with Gasteiger partial charge in [0.25, 0.3) is 0 Å². The van der Waals surface area contributed by atoms with Crippen molar-refractivity contribution in [2.75, 3.05) is 13.4 Å². The highest BCUT2D eigenvalue weighted by atomic mass is 32.2. The van der Waals surface area contributed by atoms with Crippen molar-refractivity contribution in [3.05, 3.63) is 35.9 Å². The molecule has 2 aromatic rings. The summed E-state index contributed by atoms with van der Waals surface area (Å²) in [6, 6.07) is 7.52. The number of benzene rings is 1. The van der Waals surface area contributed by atoms with Crippen LogP contribution in [0.1, 0.15) is 23.8 Å². The minimum absolute atomic E-state index is 0.274. The second-order valence-corrected chi connectivity index (χ2v) is 5.14. The Balaban J connectivity index is 2.00. The molecular weight excluding hydrogens is 262 g/mol. The highest BCUT2D eigenvalue weighted by molar-refractivity contribution is 7.98. The maximum atomic E-state index is 5.68. The molecule has 0 amide bonds. The summed E-state index contributed by atoms with van der Waals surface area (Å²) in [6.45, 7) is 2.41. The number of nitrogens with zero attached hydrogens (tertiary/aromatic N) is 2. The van der Waals surface area contributed by atoms with Gasteiger partial charge in [0.1, 0.15) is 6.61 Å². The fourth-order valence-corrected chi connectivity index (χ4v) is 1.86. The third-order valence-corrected chi connectivity index (χ3v) is 3.62. The molecule has 0 spiro atoms. The van der Waals surface area contributed by atoms with E-state index in [-0.39, 0.29) is 5.25 Å². The summed E-state index contributed by atoms with van der Waals surface area (Å²) in [5.41, 5.74) is 0. The maximum absolute atomic E-state index is 5.68. The molecule has 0 aliphatic carbocycles. The van der Waals surface area contributed by atoms with Crippen LogP contribution in [0.15, 0.2) is 24.3 Å². The SMILES string of the molecule is COc1ccccc1OCc1nc(C(C)SC)n[nH]1. The quantitative estimate of drug-likeness (QED) is 0.881. The standard InChI is InChI=1S/C13H17N3O2S/c1-9(19-3)13-14-12(15-16-13)8-18-11-7-5-4-6-10(11)17-2/h4-7,9H,8H2,1-3H3,(H,14,15,16). The first-order valence-corrected chi connectivity index (χ1v) is 7.23. The van der Waals surface area contributed by atoms with Crippen LogP contribution in [-0.2, 0) is 6.61 Å². The summed E-state index contributed by atoms with van der Waals surface area (Å²) < 4.78 is 10.9. The predicted molar refractivity (Wildman–Crippen MR) is 75.6 cm³/mol. The summed E-state index contributed by atoms with van der Waals surface area (Å²) in [4.78, 5) is 4.40. The molecule has 19 heavy (non-hydrogen) atoms. The average Bonchev–Trinajstić information content (AvgIpc) is 2.93. The molecule has 5 nitrogen and oxygen atoms in total. The van der Waals surface area contributed by atoms with Gasteiger partial charge in [-0.05, 0) is 25.3 Å². The number of aromatic nitrogens is 3. The van der Waals surface area contributed by atoms with E-state index in [4.69, 9.17) is 9.47 Å². The third kappa shape index (κ3) is 3.41. The Morgan fingerprint density at radius 2 is 2.05 bits per heavy atom. The van der Waals surface area contributed by atoms with Crippen molar-refractivity contribution in [3.63, 3.8) is 0 Å². The number of nitrogens with one attached hydrogen (secondary N) is 1. The van der Waals surface area contributed by atoms with Crippen LogP contribution < -0.4 is 9.47 Å². The lowest BCUT2D eigenvalue weighted by molar-refractivity contribution is 0.276. The summed E-state index contributed by atoms with van der Waals surface area (Å²) in [5.74, 6) is 2.91. The second kappa shape index (κ2) is 6.47. The summed E-state index contributed by atoms with van der Waals surface area (Å²) in [5, 5.41) is 7.34. The third-order valence-electron chi connectivity index (χ3n) is 2.70. The normalized spacial score (nSPS) is 12.2. The molecule has 1 aromatic heterocycles. The van der Waals surface area contributed by atoms with E-state index >= 15 is 0 Å². The first-order valence-electron chi connectivity index (χ1n) is 5.94. The zero-order valence-electron chi connectivity index (χ0n) is 11.2. The molecule has 0 saturated carbocycles. The lowest BCUT2D eigenvalue weighted by atomic mass is 10.3. The van der Waals surface area contributed by atoms with Gasteiger partial charge < -0.3 is 9.47 Å². The fourth-order valence-electron chi connectivity index (χ4n) is 1.55. The predicted octanol–water partition coefficient (Wildman–Crippen LogP) is 2.82. The van der Waals surface area contributed by atoms with Crippen molar-refractivity contribution in [3.8, 4) is 11.5 Å². The number of hydrogen-bond donors (Lipinski definition) is 1. The first kappa shape index (κ1) is 13.7. The Hall–Kier alpha value is -1.69. The van der Waals surface area contributed by atoms with Crippen molar-refractivity contribution >= 4 is 11.8 Å². The molecule has 0 aliphatic rings. The minimum atomic E-state index is 0.274. The fraction of sp³-hybridized carbons (Fsp3) is 0.385. The van der Waals surface area contributed by atoms with E-state index in [1.54, 1.807) is 18.9 Å². The van der Waals surface area contributed by atoms with Crippen molar-refractivity contribution < 1.29 is 9.47 Å². The highest BCUT2D eigenvalue weighted by Gasteiger charge is 2.11. The van der Waals surface area contributed by atoms with Crippen LogP contribution in [-0.4, -0.2) is 28.5 Å². The zero-order chi connectivity index (χ0) is 13.7. The lowest BCUT2D eigenvalue weighted by Crippen LogP contribution is -1.99. The molecule has 0 aliphatic heterocycles. The van der Waals surface area contributed by atoms with Gasteiger partial charge in [-0.2, -0.15) is 16.9 Å². The Labute approximate surface area is 116 Å². The summed E-state index contributed by atoms with van der Waals surface area (Å²) in [6.07, 6.45) is 2.03. The molecule has 0 radical (unpaired) electrons. The van der Waals surface area contributed by atoms with Crippen molar-refractivity contribution in [2.45, 2.75) is 18.8 Å². The van der Waals surface area contributed by atoms with E-state index in [2.05, 4.69) is 22.1 Å². The Morgan fingerprint density at radius 1 is 1.32 bits per heavy atom. The van der Waals surface area contributed by atoms with Gasteiger partial charge >= 0.3 is 0 Å². The van der Waals surface area contributed by atoms with Gasteiger partial charge in [-0.25, -0.2) is 4.98 Å². The number of ether oxygens (including phenoxy) is 2. The van der Waals surface area contributed by atoms with Crippen LogP contribution in [0.2, 0.25) is 0 Å². The molecule has 1 aromatic carbocycles. The van der Waals surface area contributed by atoms with E-state index in [9.17, 15) is 0 Å². The van der Waals surface area contributed by atoms with Gasteiger partial charge in [-0.15, -0.1) is 0 Å². The van der Waals surface area contributed by atoms with Crippen molar-refractivity contribution in [1.82, 2.24) is 15.2 Å². The number of rotatable bonds is 6. The van der Waals surface area contributed by atoms with E-state index in [1.807, 2.05) is 30.5 Å². The molecule has 1 heterocycles. The molecule has 102 valence electrons. The Kier molecular flexibility index (Phi) is 4.68. The van der Waals surface area contributed by atoms with Crippen molar-refractivity contribution in [1.29, 1.82) is 0 Å². The van der Waals surface area contributed by atoms with Crippen LogP contribution in [0.3, 0.4) is 0 Å². The monoisotopic (exact) mass is 279 g/mol. The van der Waals surface area contributed by atoms with Crippen LogP contribution in [0.4, 0.5) is 0 Å². The van der Waals surface area contributed by atoms with Gasteiger partial charge in [-0.1, -0.05) is 12.1 Å². The van der Waals surface area contributed by atoms with E-state index in [0.29, 0.717) is 23.9 Å². The Bertz CT molecular complexity index is 530. The maximum Gasteiger partial charge on any atom is 0.163 e. The molecule has 6 heteroatoms. The van der Waals surface area contributed by atoms with Gasteiger partial charge in [0.2, 0.25) is 0 Å². The van der Waals surface area contributed by atoms with Crippen LogP contribution in [0.5, 0.6) is 11.5 Å². The van der Waals surface area contributed by atoms with E-state index in [0.717, 1.165) is 5.82 Å². The van der Waals surface area contributed by atoms with E-state index in [1.165, 1.54) is 0 Å². The van der Waals surface area contributed by atoms with Crippen LogP contribution in [0, 0.1) is 0 Å². The molecule has 0 fully saturated rings. The number of methoxy groups -OCH3 is 1. The van der Waals surface area contributed by atoms with E-state index < -0.39 is 0 Å². The summed E-state index contributed by atoms with van der Waals surface area (Å²) in [7, 11) is 1.62. The topological polar surface area (TPSA) is 60.0 Å². The van der Waals surface area contributed by atoms with Gasteiger partial charge in [0.15, 0.2) is 23.1 Å². The minimum Gasteiger partial charge on any atom is -0.493 e. The first-order chi connectivity index (χ1) is 9.24. The van der Waals surface area contributed by atoms with Crippen LogP contribution >= 0.6 is 11.8 Å². The number of aromatic amines is 1. The number of para-hydroxylation sites is 2. The Morgan fingerprint density at radius 3 is 2.74 bits per heavy atom. The lowest BCUT2D eigenvalue weighted by Gasteiger charge is -2.08. The van der Waals surface area contributed by atoms with Gasteiger partial charge in [0, 0.05) is 0 Å². The van der Waals surface area contributed by atoms with Crippen LogP contribution in [0.25, 0.3) is 0 Å². The molecule has 1 N–H and O–H groups in total. The number of H-pyrrole nitrogens is 1. The number of thioether (sulfide) groups is 1. The molecular formula is C13H17N3O2S. The summed E-state index contributed by atoms with van der Waals surface area (Å²) >= 11 is 1.71.